The molecule has 1 heterocycles. The van der Waals surface area contributed by atoms with Crippen LogP contribution < -0.4 is 0 Å². The van der Waals surface area contributed by atoms with E-state index in [2.05, 4.69) is 21.0 Å². The molecule has 2 aromatic rings. The minimum absolute atomic E-state index is 0.336. The Kier molecular flexibility index (Phi) is 4.14. The van der Waals surface area contributed by atoms with E-state index >= 15 is 0 Å². The summed E-state index contributed by atoms with van der Waals surface area (Å²) in [4.78, 5) is 0. The minimum atomic E-state index is -0.690. The number of rotatable bonds is 4. The summed E-state index contributed by atoms with van der Waals surface area (Å²) in [6.45, 7) is 0. The van der Waals surface area contributed by atoms with E-state index in [0.717, 1.165) is 5.69 Å². The lowest BCUT2D eigenvalue weighted by atomic mass is 10.0. The van der Waals surface area contributed by atoms with Gasteiger partial charge in [0.2, 0.25) is 0 Å². The van der Waals surface area contributed by atoms with Crippen LogP contribution in [-0.2, 0) is 13.5 Å². The largest absolute Gasteiger partial charge is 0.388 e. The summed E-state index contributed by atoms with van der Waals surface area (Å²) in [6.07, 6.45) is 2.26. The molecular weight excluding hydrogens is 299 g/mol. The van der Waals surface area contributed by atoms with Crippen LogP contribution in [0.4, 0.5) is 4.39 Å². The molecule has 0 amide bonds. The molecule has 1 aromatic heterocycles. The van der Waals surface area contributed by atoms with Crippen LogP contribution in [0.25, 0.3) is 0 Å². The summed E-state index contributed by atoms with van der Waals surface area (Å²) < 4.78 is 15.5. The predicted molar refractivity (Wildman–Crippen MR) is 70.6 cm³/mol. The van der Waals surface area contributed by atoms with Crippen molar-refractivity contribution in [3.63, 3.8) is 0 Å². The van der Waals surface area contributed by atoms with Gasteiger partial charge in [0.05, 0.1) is 10.6 Å². The number of hydrogen-bond acceptors (Lipinski definition) is 2. The van der Waals surface area contributed by atoms with Gasteiger partial charge in [0, 0.05) is 18.9 Å². The van der Waals surface area contributed by atoms with Gasteiger partial charge in [0.25, 0.3) is 0 Å². The van der Waals surface area contributed by atoms with E-state index < -0.39 is 6.10 Å². The summed E-state index contributed by atoms with van der Waals surface area (Å²) in [5, 5.41) is 14.2. The van der Waals surface area contributed by atoms with E-state index in [1.165, 1.54) is 6.07 Å². The predicted octanol–water partition coefficient (Wildman–Crippen LogP) is 2.99. The molecule has 1 unspecified atom stereocenters. The van der Waals surface area contributed by atoms with Crippen LogP contribution in [-0.4, -0.2) is 14.9 Å². The van der Waals surface area contributed by atoms with Crippen LogP contribution in [0.2, 0.25) is 0 Å². The number of aliphatic hydroxyl groups is 1. The van der Waals surface area contributed by atoms with Gasteiger partial charge >= 0.3 is 0 Å². The molecule has 2 rings (SSSR count). The molecule has 96 valence electrons. The van der Waals surface area contributed by atoms with Gasteiger partial charge in [-0.1, -0.05) is 12.1 Å². The lowest BCUT2D eigenvalue weighted by Gasteiger charge is -2.13. The normalized spacial score (nSPS) is 12.7. The van der Waals surface area contributed by atoms with Gasteiger partial charge in [-0.15, -0.1) is 0 Å². The number of aryl methyl sites for hydroxylation is 2. The van der Waals surface area contributed by atoms with E-state index in [1.54, 1.807) is 23.0 Å². The highest BCUT2D eigenvalue weighted by molar-refractivity contribution is 9.10. The molecule has 0 aliphatic heterocycles. The first-order valence-electron chi connectivity index (χ1n) is 5.68. The molecule has 0 saturated carbocycles. The number of benzene rings is 1. The first kappa shape index (κ1) is 13.2. The lowest BCUT2D eigenvalue weighted by Crippen LogP contribution is -2.04. The third-order valence-electron chi connectivity index (χ3n) is 2.94. The van der Waals surface area contributed by atoms with Gasteiger partial charge in [-0.25, -0.2) is 4.39 Å². The Morgan fingerprint density at radius 1 is 1.44 bits per heavy atom. The van der Waals surface area contributed by atoms with Gasteiger partial charge in [0.1, 0.15) is 5.82 Å². The van der Waals surface area contributed by atoms with Gasteiger partial charge in [-0.05, 0) is 46.5 Å². The quantitative estimate of drug-likeness (QED) is 0.942. The Morgan fingerprint density at radius 3 is 2.89 bits per heavy atom. The first-order chi connectivity index (χ1) is 8.59. The second kappa shape index (κ2) is 5.63. The van der Waals surface area contributed by atoms with Crippen molar-refractivity contribution in [1.29, 1.82) is 0 Å². The smallest absolute Gasteiger partial charge is 0.137 e. The SMILES string of the molecule is Cn1nccc1CCC(O)c1cccc(F)c1Br. The van der Waals surface area contributed by atoms with Crippen molar-refractivity contribution in [2.24, 2.45) is 7.05 Å². The third kappa shape index (κ3) is 2.79. The molecule has 1 aromatic carbocycles. The molecule has 1 atom stereocenters. The lowest BCUT2D eigenvalue weighted by molar-refractivity contribution is 0.166. The van der Waals surface area contributed by atoms with E-state index in [1.807, 2.05) is 13.1 Å². The standard InChI is InChI=1S/C13H14BrFN2O/c1-17-9(7-8-16-17)5-6-12(18)10-3-2-4-11(15)13(10)14/h2-4,7-8,12,18H,5-6H2,1H3. The highest BCUT2D eigenvalue weighted by Gasteiger charge is 2.14. The highest BCUT2D eigenvalue weighted by atomic mass is 79.9. The Labute approximate surface area is 113 Å². The molecule has 0 bridgehead atoms. The maximum absolute atomic E-state index is 13.3. The van der Waals surface area contributed by atoms with E-state index in [4.69, 9.17) is 0 Å². The molecule has 0 radical (unpaired) electrons. The number of aliphatic hydroxyl groups excluding tert-OH is 1. The molecule has 0 saturated heterocycles. The van der Waals surface area contributed by atoms with Gasteiger partial charge in [-0.3, -0.25) is 4.68 Å². The van der Waals surface area contributed by atoms with Gasteiger partial charge in [0.15, 0.2) is 0 Å². The van der Waals surface area contributed by atoms with Crippen LogP contribution in [0, 0.1) is 5.82 Å². The van der Waals surface area contributed by atoms with Crippen molar-refractivity contribution in [1.82, 2.24) is 9.78 Å². The second-order valence-electron chi connectivity index (χ2n) is 4.14. The zero-order chi connectivity index (χ0) is 13.1. The molecule has 0 aliphatic carbocycles. The van der Waals surface area contributed by atoms with Crippen molar-refractivity contribution < 1.29 is 9.50 Å². The van der Waals surface area contributed by atoms with Crippen LogP contribution in [0.5, 0.6) is 0 Å². The van der Waals surface area contributed by atoms with Gasteiger partial charge in [-0.2, -0.15) is 5.10 Å². The van der Waals surface area contributed by atoms with E-state index in [-0.39, 0.29) is 5.82 Å². The average Bonchev–Trinajstić information content (AvgIpc) is 2.75. The Morgan fingerprint density at radius 2 is 2.22 bits per heavy atom. The monoisotopic (exact) mass is 312 g/mol. The molecule has 18 heavy (non-hydrogen) atoms. The van der Waals surface area contributed by atoms with Crippen LogP contribution in [0.3, 0.4) is 0 Å². The average molecular weight is 313 g/mol. The van der Waals surface area contributed by atoms with Crippen molar-refractivity contribution >= 4 is 15.9 Å². The Hall–Kier alpha value is -1.20. The van der Waals surface area contributed by atoms with E-state index in [9.17, 15) is 9.50 Å². The Balaban J connectivity index is 2.06. The summed E-state index contributed by atoms with van der Waals surface area (Å²) in [7, 11) is 1.86. The van der Waals surface area contributed by atoms with Gasteiger partial charge < -0.3 is 5.11 Å². The molecule has 3 nitrogen and oxygen atoms in total. The first-order valence-corrected chi connectivity index (χ1v) is 6.47. The highest BCUT2D eigenvalue weighted by Crippen LogP contribution is 2.28. The van der Waals surface area contributed by atoms with E-state index in [0.29, 0.717) is 22.9 Å². The second-order valence-corrected chi connectivity index (χ2v) is 4.94. The zero-order valence-electron chi connectivity index (χ0n) is 9.98. The van der Waals surface area contributed by atoms with Crippen molar-refractivity contribution in [3.8, 4) is 0 Å². The maximum atomic E-state index is 13.3. The maximum Gasteiger partial charge on any atom is 0.137 e. The van der Waals surface area contributed by atoms with Crippen molar-refractivity contribution in [3.05, 3.63) is 52.0 Å². The minimum Gasteiger partial charge on any atom is -0.388 e. The third-order valence-corrected chi connectivity index (χ3v) is 3.77. The molecule has 1 N–H and O–H groups in total. The fourth-order valence-electron chi connectivity index (χ4n) is 1.86. The fourth-order valence-corrected chi connectivity index (χ4v) is 2.39. The zero-order valence-corrected chi connectivity index (χ0v) is 11.6. The summed E-state index contributed by atoms with van der Waals surface area (Å²) in [6, 6.07) is 6.60. The van der Waals surface area contributed by atoms with Crippen molar-refractivity contribution in [2.75, 3.05) is 0 Å². The number of aromatic nitrogens is 2. The topological polar surface area (TPSA) is 38.0 Å². The fraction of sp³-hybridized carbons (Fsp3) is 0.308. The summed E-state index contributed by atoms with van der Waals surface area (Å²) in [5.41, 5.74) is 1.62. The molecule has 0 aliphatic rings. The van der Waals surface area contributed by atoms with Crippen molar-refractivity contribution in [2.45, 2.75) is 18.9 Å². The summed E-state index contributed by atoms with van der Waals surface area (Å²) >= 11 is 3.16. The summed E-state index contributed by atoms with van der Waals surface area (Å²) in [5.74, 6) is -0.355. The number of hydrogen-bond donors (Lipinski definition) is 1. The molecule has 0 fully saturated rings. The Bertz CT molecular complexity index is 542. The van der Waals surface area contributed by atoms with Crippen LogP contribution in [0.1, 0.15) is 23.8 Å². The number of nitrogens with zero attached hydrogens (tertiary/aromatic N) is 2. The molecular formula is C13H14BrFN2O. The molecule has 0 spiro atoms. The number of halogens is 2. The molecule has 5 heteroatoms. The van der Waals surface area contributed by atoms with Crippen LogP contribution >= 0.6 is 15.9 Å². The van der Waals surface area contributed by atoms with Crippen LogP contribution in [0.15, 0.2) is 34.9 Å².